The molecule has 0 spiro atoms. The first kappa shape index (κ1) is 14.6. The zero-order valence-corrected chi connectivity index (χ0v) is 13.3. The van der Waals surface area contributed by atoms with Crippen molar-refractivity contribution < 1.29 is 4.74 Å². The minimum Gasteiger partial charge on any atom is -0.497 e. The van der Waals surface area contributed by atoms with Crippen molar-refractivity contribution in [1.82, 2.24) is 0 Å². The van der Waals surface area contributed by atoms with E-state index >= 15 is 0 Å². The van der Waals surface area contributed by atoms with Crippen LogP contribution in [0.4, 0.5) is 0 Å². The van der Waals surface area contributed by atoms with Crippen molar-refractivity contribution in [3.63, 3.8) is 0 Å². The summed E-state index contributed by atoms with van der Waals surface area (Å²) in [5, 5.41) is 0. The molecule has 0 aliphatic heterocycles. The Bertz CT molecular complexity index is 709. The van der Waals surface area contributed by atoms with Gasteiger partial charge in [-0.05, 0) is 47.2 Å². The van der Waals surface area contributed by atoms with Gasteiger partial charge in [-0.1, -0.05) is 55.5 Å². The third-order valence-corrected chi connectivity index (χ3v) is 4.81. The van der Waals surface area contributed by atoms with Gasteiger partial charge in [-0.25, -0.2) is 0 Å². The first-order valence-corrected chi connectivity index (χ1v) is 7.82. The summed E-state index contributed by atoms with van der Waals surface area (Å²) in [6.07, 6.45) is 6.45. The Labute approximate surface area is 133 Å². The molecule has 1 nitrogen and oxygen atoms in total. The largest absolute Gasteiger partial charge is 0.497 e. The molecule has 2 aromatic carbocycles. The van der Waals surface area contributed by atoms with Gasteiger partial charge in [0.1, 0.15) is 5.75 Å². The molecule has 1 aliphatic carbocycles. The molecule has 2 aromatic rings. The summed E-state index contributed by atoms with van der Waals surface area (Å²) in [6.45, 7) is 6.41. The molecule has 3 rings (SSSR count). The topological polar surface area (TPSA) is 9.23 Å². The highest BCUT2D eigenvalue weighted by atomic mass is 16.5. The first-order chi connectivity index (χ1) is 10.7. The molecule has 1 aliphatic rings. The van der Waals surface area contributed by atoms with Gasteiger partial charge in [0.15, 0.2) is 0 Å². The summed E-state index contributed by atoms with van der Waals surface area (Å²) in [7, 11) is 1.70. The maximum Gasteiger partial charge on any atom is 0.118 e. The number of hydrogen-bond donors (Lipinski definition) is 0. The number of hydrogen-bond acceptors (Lipinski definition) is 1. The van der Waals surface area contributed by atoms with E-state index in [1.807, 2.05) is 12.1 Å². The van der Waals surface area contributed by atoms with Crippen LogP contribution in [0.3, 0.4) is 0 Å². The third kappa shape index (κ3) is 2.18. The predicted molar refractivity (Wildman–Crippen MR) is 93.3 cm³/mol. The van der Waals surface area contributed by atoms with E-state index in [0.717, 1.165) is 18.6 Å². The second-order valence-corrected chi connectivity index (χ2v) is 5.74. The van der Waals surface area contributed by atoms with Crippen molar-refractivity contribution in [1.29, 1.82) is 0 Å². The van der Waals surface area contributed by atoms with Crippen LogP contribution in [0.15, 0.2) is 67.3 Å². The Morgan fingerprint density at radius 1 is 1.14 bits per heavy atom. The number of benzene rings is 2. The van der Waals surface area contributed by atoms with Gasteiger partial charge in [0, 0.05) is 5.41 Å². The van der Waals surface area contributed by atoms with Crippen LogP contribution in [-0.4, -0.2) is 7.11 Å². The lowest BCUT2D eigenvalue weighted by Gasteiger charge is -2.38. The van der Waals surface area contributed by atoms with Gasteiger partial charge in [0.2, 0.25) is 0 Å². The Hall–Kier alpha value is -2.28. The summed E-state index contributed by atoms with van der Waals surface area (Å²) in [5.74, 6) is 0.890. The molecule has 22 heavy (non-hydrogen) atoms. The third-order valence-electron chi connectivity index (χ3n) is 4.81. The lowest BCUT2D eigenvalue weighted by molar-refractivity contribution is 0.414. The minimum atomic E-state index is -0.108. The molecule has 0 amide bonds. The maximum absolute atomic E-state index is 5.28. The molecule has 0 radical (unpaired) electrons. The second kappa shape index (κ2) is 5.84. The number of fused-ring (bicyclic) bond motifs is 1. The van der Waals surface area contributed by atoms with Crippen molar-refractivity contribution in [3.05, 3.63) is 84.0 Å². The number of methoxy groups -OCH3 is 1. The SMILES string of the molecule is C=CC1(CC)C(c2ccc(OC)cc2)=CCc2ccccc21. The highest BCUT2D eigenvalue weighted by molar-refractivity contribution is 5.80. The molecule has 112 valence electrons. The van der Waals surface area contributed by atoms with Crippen LogP contribution in [0.1, 0.15) is 30.0 Å². The molecule has 1 atom stereocenters. The summed E-state index contributed by atoms with van der Waals surface area (Å²) in [6, 6.07) is 17.1. The first-order valence-electron chi connectivity index (χ1n) is 7.82. The lowest BCUT2D eigenvalue weighted by atomic mass is 9.65. The molecule has 0 saturated heterocycles. The van der Waals surface area contributed by atoms with Crippen LogP contribution < -0.4 is 4.74 Å². The fourth-order valence-corrected chi connectivity index (χ4v) is 3.56. The second-order valence-electron chi connectivity index (χ2n) is 5.74. The monoisotopic (exact) mass is 290 g/mol. The van der Waals surface area contributed by atoms with Crippen molar-refractivity contribution in [3.8, 4) is 5.75 Å². The quantitative estimate of drug-likeness (QED) is 0.706. The van der Waals surface area contributed by atoms with Gasteiger partial charge in [0.05, 0.1) is 7.11 Å². The zero-order chi connectivity index (χ0) is 15.6. The van der Waals surface area contributed by atoms with Gasteiger partial charge in [0.25, 0.3) is 0 Å². The average molecular weight is 290 g/mol. The predicted octanol–water partition coefficient (Wildman–Crippen LogP) is 5.17. The molecule has 1 heteroatoms. The van der Waals surface area contributed by atoms with E-state index in [4.69, 9.17) is 4.74 Å². The Morgan fingerprint density at radius 2 is 1.86 bits per heavy atom. The van der Waals surface area contributed by atoms with Crippen LogP contribution in [0, 0.1) is 0 Å². The molecule has 0 saturated carbocycles. The molecule has 0 heterocycles. The maximum atomic E-state index is 5.28. The number of allylic oxidation sites excluding steroid dienone is 3. The van der Waals surface area contributed by atoms with Crippen molar-refractivity contribution in [2.24, 2.45) is 0 Å². The summed E-state index contributed by atoms with van der Waals surface area (Å²) in [5.41, 5.74) is 5.29. The van der Waals surface area contributed by atoms with Crippen LogP contribution in [-0.2, 0) is 11.8 Å². The van der Waals surface area contributed by atoms with Crippen LogP contribution in [0.25, 0.3) is 5.57 Å². The van der Waals surface area contributed by atoms with E-state index < -0.39 is 0 Å². The summed E-state index contributed by atoms with van der Waals surface area (Å²) in [4.78, 5) is 0. The van der Waals surface area contributed by atoms with Gasteiger partial charge in [-0.3, -0.25) is 0 Å². The lowest BCUT2D eigenvalue weighted by Crippen LogP contribution is -2.28. The Balaban J connectivity index is 2.14. The zero-order valence-electron chi connectivity index (χ0n) is 13.3. The van der Waals surface area contributed by atoms with Crippen LogP contribution in [0.2, 0.25) is 0 Å². The highest BCUT2D eigenvalue weighted by Gasteiger charge is 2.36. The van der Waals surface area contributed by atoms with Gasteiger partial charge in [-0.2, -0.15) is 0 Å². The van der Waals surface area contributed by atoms with Gasteiger partial charge < -0.3 is 4.74 Å². The molecular formula is C21H22O. The van der Waals surface area contributed by atoms with E-state index in [-0.39, 0.29) is 5.41 Å². The van der Waals surface area contributed by atoms with E-state index in [1.165, 1.54) is 22.3 Å². The smallest absolute Gasteiger partial charge is 0.118 e. The van der Waals surface area contributed by atoms with E-state index in [9.17, 15) is 0 Å². The van der Waals surface area contributed by atoms with Crippen LogP contribution >= 0.6 is 0 Å². The van der Waals surface area contributed by atoms with Gasteiger partial charge >= 0.3 is 0 Å². The van der Waals surface area contributed by atoms with Crippen molar-refractivity contribution in [2.45, 2.75) is 25.2 Å². The fraction of sp³-hybridized carbons (Fsp3) is 0.238. The molecular weight excluding hydrogens is 268 g/mol. The Kier molecular flexibility index (Phi) is 3.89. The number of rotatable bonds is 4. The molecule has 0 aromatic heterocycles. The molecule has 0 bridgehead atoms. The summed E-state index contributed by atoms with van der Waals surface area (Å²) >= 11 is 0. The molecule has 0 fully saturated rings. The highest BCUT2D eigenvalue weighted by Crippen LogP contribution is 2.46. The van der Waals surface area contributed by atoms with Crippen molar-refractivity contribution in [2.75, 3.05) is 7.11 Å². The van der Waals surface area contributed by atoms with Crippen LogP contribution in [0.5, 0.6) is 5.75 Å². The average Bonchev–Trinajstić information content (AvgIpc) is 2.61. The van der Waals surface area contributed by atoms with Crippen molar-refractivity contribution >= 4 is 5.57 Å². The molecule has 1 unspecified atom stereocenters. The molecule has 0 N–H and O–H groups in total. The van der Waals surface area contributed by atoms with E-state index in [2.05, 4.69) is 62.1 Å². The summed E-state index contributed by atoms with van der Waals surface area (Å²) < 4.78 is 5.28. The number of ether oxygens (including phenoxy) is 1. The van der Waals surface area contributed by atoms with Gasteiger partial charge in [-0.15, -0.1) is 6.58 Å². The normalized spacial score (nSPS) is 20.0. The standard InChI is InChI=1S/C21H22O/c1-4-21(5-2)19-9-7-6-8-16(19)12-15-20(21)17-10-13-18(22-3)14-11-17/h4,6-11,13-15H,1,5,12H2,2-3H3. The van der Waals surface area contributed by atoms with E-state index in [1.54, 1.807) is 7.11 Å². The Morgan fingerprint density at radius 3 is 2.50 bits per heavy atom. The van der Waals surface area contributed by atoms with E-state index in [0.29, 0.717) is 0 Å². The minimum absolute atomic E-state index is 0.108. The fourth-order valence-electron chi connectivity index (χ4n) is 3.56.